The normalized spacial score (nSPS) is 18.9. The summed E-state index contributed by atoms with van der Waals surface area (Å²) >= 11 is 0. The average molecular weight is 409 g/mol. The van der Waals surface area contributed by atoms with Gasteiger partial charge in [0, 0.05) is 25.9 Å². The van der Waals surface area contributed by atoms with Crippen LogP contribution in [0.3, 0.4) is 0 Å². The van der Waals surface area contributed by atoms with Crippen LogP contribution in [0.4, 0.5) is 0 Å². The Kier molecular flexibility index (Phi) is 8.76. The van der Waals surface area contributed by atoms with Crippen molar-refractivity contribution in [2.45, 2.75) is 51.5 Å². The second-order valence-corrected chi connectivity index (χ2v) is 9.88. The summed E-state index contributed by atoms with van der Waals surface area (Å²) in [5.41, 5.74) is 1.77. The third kappa shape index (κ3) is 7.43. The lowest BCUT2D eigenvalue weighted by molar-refractivity contribution is 0.182. The summed E-state index contributed by atoms with van der Waals surface area (Å²) < 4.78 is 23.5. The van der Waals surface area contributed by atoms with Gasteiger partial charge in [-0.3, -0.25) is 0 Å². The van der Waals surface area contributed by atoms with E-state index in [9.17, 15) is 8.42 Å². The van der Waals surface area contributed by atoms with Gasteiger partial charge in [0.2, 0.25) is 0 Å². The van der Waals surface area contributed by atoms with Crippen LogP contribution < -0.4 is 10.6 Å². The molecule has 7 heteroatoms. The highest BCUT2D eigenvalue weighted by Crippen LogP contribution is 2.17. The number of rotatable bonds is 8. The van der Waals surface area contributed by atoms with Gasteiger partial charge in [-0.1, -0.05) is 19.1 Å². The highest BCUT2D eigenvalue weighted by Gasteiger charge is 2.15. The van der Waals surface area contributed by atoms with Crippen molar-refractivity contribution in [2.75, 3.05) is 39.0 Å². The number of piperidine rings is 1. The van der Waals surface area contributed by atoms with Crippen LogP contribution in [-0.2, 0) is 16.4 Å². The molecular formula is C21H36N4O2S. The van der Waals surface area contributed by atoms with E-state index in [-0.39, 0.29) is 0 Å². The van der Waals surface area contributed by atoms with Crippen molar-refractivity contribution in [3.8, 4) is 0 Å². The Morgan fingerprint density at radius 1 is 1.32 bits per heavy atom. The first kappa shape index (κ1) is 22.7. The molecule has 2 N–H and O–H groups in total. The monoisotopic (exact) mass is 408 g/mol. The molecule has 1 aliphatic rings. The molecule has 28 heavy (non-hydrogen) atoms. The van der Waals surface area contributed by atoms with Crippen LogP contribution in [-0.4, -0.2) is 58.3 Å². The Bertz CT molecular complexity index is 762. The van der Waals surface area contributed by atoms with Crippen LogP contribution in [0.25, 0.3) is 0 Å². The maximum absolute atomic E-state index is 11.7. The fourth-order valence-electron chi connectivity index (χ4n) is 3.74. The molecular weight excluding hydrogens is 372 g/mol. The van der Waals surface area contributed by atoms with Gasteiger partial charge >= 0.3 is 0 Å². The Morgan fingerprint density at radius 2 is 2.11 bits per heavy atom. The van der Waals surface area contributed by atoms with Crippen molar-refractivity contribution in [1.82, 2.24) is 15.5 Å². The van der Waals surface area contributed by atoms with E-state index in [0.717, 1.165) is 49.1 Å². The summed E-state index contributed by atoms with van der Waals surface area (Å²) in [5, 5.41) is 6.69. The molecule has 0 aromatic heterocycles. The van der Waals surface area contributed by atoms with Crippen molar-refractivity contribution in [3.63, 3.8) is 0 Å². The third-order valence-electron chi connectivity index (χ3n) is 5.09. The van der Waals surface area contributed by atoms with Gasteiger partial charge in [0.25, 0.3) is 0 Å². The number of benzene rings is 1. The first-order valence-corrected chi connectivity index (χ1v) is 12.2. The maximum Gasteiger partial charge on any atom is 0.191 e. The fourth-order valence-corrected chi connectivity index (χ4v) is 4.70. The predicted molar refractivity (Wildman–Crippen MR) is 117 cm³/mol. The van der Waals surface area contributed by atoms with Gasteiger partial charge in [0.15, 0.2) is 15.8 Å². The number of nitrogens with one attached hydrogen (secondary N) is 2. The molecule has 0 spiro atoms. The van der Waals surface area contributed by atoms with Crippen LogP contribution in [0.1, 0.15) is 44.2 Å². The first-order valence-electron chi connectivity index (χ1n) is 10.3. The van der Waals surface area contributed by atoms with Gasteiger partial charge in [-0.05, 0) is 69.3 Å². The molecule has 0 saturated carbocycles. The molecule has 0 amide bonds. The minimum atomic E-state index is -3.18. The maximum atomic E-state index is 11.7. The van der Waals surface area contributed by atoms with E-state index in [1.165, 1.54) is 32.2 Å². The quantitative estimate of drug-likeness (QED) is 0.393. The second kappa shape index (κ2) is 10.8. The SMILES string of the molecule is CCNC(=NCc1ccc(S(C)(=O)=O)c(C)c1)NCCCN1CCCC(C)C1. The highest BCUT2D eigenvalue weighted by atomic mass is 32.2. The standard InChI is InChI=1S/C21H36N4O2S/c1-5-22-21(23-11-7-13-25-12-6-8-17(2)16-25)24-15-19-9-10-20(18(3)14-19)28(4,26)27/h9-10,14,17H,5-8,11-13,15-16H2,1-4H3,(H2,22,23,24). The Balaban J connectivity index is 1.85. The molecule has 0 radical (unpaired) electrons. The fraction of sp³-hybridized carbons (Fsp3) is 0.667. The minimum Gasteiger partial charge on any atom is -0.357 e. The lowest BCUT2D eigenvalue weighted by Crippen LogP contribution is -2.40. The summed E-state index contributed by atoms with van der Waals surface area (Å²) in [4.78, 5) is 7.59. The lowest BCUT2D eigenvalue weighted by Gasteiger charge is -2.30. The molecule has 2 rings (SSSR count). The average Bonchev–Trinajstić information content (AvgIpc) is 2.62. The number of hydrogen-bond donors (Lipinski definition) is 2. The molecule has 1 fully saturated rings. The zero-order chi connectivity index (χ0) is 20.6. The van der Waals surface area contributed by atoms with E-state index in [0.29, 0.717) is 11.4 Å². The Labute approximate surface area is 170 Å². The van der Waals surface area contributed by atoms with Crippen LogP contribution >= 0.6 is 0 Å². The molecule has 1 atom stereocenters. The van der Waals surface area contributed by atoms with E-state index < -0.39 is 9.84 Å². The van der Waals surface area contributed by atoms with Crippen molar-refractivity contribution in [3.05, 3.63) is 29.3 Å². The molecule has 6 nitrogen and oxygen atoms in total. The number of sulfone groups is 1. The van der Waals surface area contributed by atoms with Crippen LogP contribution in [0.15, 0.2) is 28.1 Å². The van der Waals surface area contributed by atoms with Gasteiger partial charge in [0.1, 0.15) is 0 Å². The number of guanidine groups is 1. The summed E-state index contributed by atoms with van der Waals surface area (Å²) in [6.45, 7) is 12.0. The summed E-state index contributed by atoms with van der Waals surface area (Å²) in [5.74, 6) is 1.62. The largest absolute Gasteiger partial charge is 0.357 e. The topological polar surface area (TPSA) is 73.8 Å². The number of nitrogens with zero attached hydrogens (tertiary/aromatic N) is 2. The molecule has 1 heterocycles. The molecule has 1 aromatic rings. The molecule has 1 saturated heterocycles. The third-order valence-corrected chi connectivity index (χ3v) is 6.34. The summed E-state index contributed by atoms with van der Waals surface area (Å²) in [6, 6.07) is 5.42. The molecule has 158 valence electrons. The van der Waals surface area contributed by atoms with E-state index in [2.05, 4.69) is 34.4 Å². The zero-order valence-electron chi connectivity index (χ0n) is 17.8. The van der Waals surface area contributed by atoms with E-state index in [1.54, 1.807) is 6.07 Å². The molecule has 1 unspecified atom stereocenters. The Hall–Kier alpha value is -1.60. The van der Waals surface area contributed by atoms with Gasteiger partial charge in [0.05, 0.1) is 11.4 Å². The zero-order valence-corrected chi connectivity index (χ0v) is 18.6. The van der Waals surface area contributed by atoms with Crippen molar-refractivity contribution in [1.29, 1.82) is 0 Å². The van der Waals surface area contributed by atoms with Gasteiger partial charge < -0.3 is 15.5 Å². The highest BCUT2D eigenvalue weighted by molar-refractivity contribution is 7.90. The van der Waals surface area contributed by atoms with Crippen molar-refractivity contribution in [2.24, 2.45) is 10.9 Å². The van der Waals surface area contributed by atoms with Gasteiger partial charge in [-0.2, -0.15) is 0 Å². The van der Waals surface area contributed by atoms with Gasteiger partial charge in [-0.15, -0.1) is 0 Å². The summed E-state index contributed by atoms with van der Waals surface area (Å²) in [6.07, 6.45) is 5.01. The van der Waals surface area contributed by atoms with Crippen LogP contribution in [0.5, 0.6) is 0 Å². The Morgan fingerprint density at radius 3 is 2.75 bits per heavy atom. The first-order chi connectivity index (χ1) is 13.3. The minimum absolute atomic E-state index is 0.386. The number of aryl methyl sites for hydroxylation is 1. The smallest absolute Gasteiger partial charge is 0.191 e. The molecule has 0 aliphatic carbocycles. The lowest BCUT2D eigenvalue weighted by atomic mass is 10.0. The second-order valence-electron chi connectivity index (χ2n) is 7.90. The van der Waals surface area contributed by atoms with E-state index >= 15 is 0 Å². The number of hydrogen-bond acceptors (Lipinski definition) is 4. The molecule has 1 aromatic carbocycles. The summed E-state index contributed by atoms with van der Waals surface area (Å²) in [7, 11) is -3.18. The van der Waals surface area contributed by atoms with Crippen molar-refractivity contribution < 1.29 is 8.42 Å². The number of likely N-dealkylation sites (tertiary alicyclic amines) is 1. The molecule has 0 bridgehead atoms. The van der Waals surface area contributed by atoms with Crippen LogP contribution in [0, 0.1) is 12.8 Å². The molecule has 1 aliphatic heterocycles. The van der Waals surface area contributed by atoms with Gasteiger partial charge in [-0.25, -0.2) is 13.4 Å². The van der Waals surface area contributed by atoms with E-state index in [1.807, 2.05) is 19.1 Å². The van der Waals surface area contributed by atoms with Crippen molar-refractivity contribution >= 4 is 15.8 Å². The number of aliphatic imine (C=N–C) groups is 1. The van der Waals surface area contributed by atoms with Crippen LogP contribution in [0.2, 0.25) is 0 Å². The van der Waals surface area contributed by atoms with E-state index in [4.69, 9.17) is 0 Å². The predicted octanol–water partition coefficient (Wildman–Crippen LogP) is 2.58.